The monoisotopic (exact) mass is 118 g/mol. The molecular weight excluding hydrogens is 116 g/mol. The van der Waals surface area contributed by atoms with Crippen LogP contribution in [0.1, 0.15) is 0 Å². The van der Waals surface area contributed by atoms with Crippen LogP contribution in [0, 0.1) is 5.21 Å². The normalized spacial score (nSPS) is 9.67. The number of nitrogens with zero attached hydrogens (tertiary/aromatic N) is 2. The van der Waals surface area contributed by atoms with Crippen LogP contribution in [0.5, 0.6) is 0 Å². The van der Waals surface area contributed by atoms with Gasteiger partial charge in [-0.25, -0.2) is 5.21 Å². The first kappa shape index (κ1) is 9.54. The largest absolute Gasteiger partial charge is 0.392 e. The van der Waals surface area contributed by atoms with E-state index in [1.54, 1.807) is 5.28 Å². The van der Waals surface area contributed by atoms with Crippen molar-refractivity contribution in [3.05, 3.63) is 5.21 Å². The summed E-state index contributed by atoms with van der Waals surface area (Å²) in [4.78, 5) is 0. The van der Waals surface area contributed by atoms with Crippen LogP contribution in [0.25, 0.3) is 0 Å². The maximum Gasteiger partial charge on any atom is 0.254 e. The van der Waals surface area contributed by atoms with Gasteiger partial charge in [-0.15, -0.1) is 0 Å². The molecule has 0 aromatic rings. The molecule has 0 amide bonds. The molecular formula is H2CaN2O3. The third kappa shape index (κ3) is 8.86. The Balaban J connectivity index is 0. The first-order valence-corrected chi connectivity index (χ1v) is 0.783. The topological polar surface area (TPSA) is 78.9 Å². The zero-order valence-corrected chi connectivity index (χ0v) is 5.11. The first-order chi connectivity index (χ1) is 2.27. The molecule has 0 bridgehead atoms. The minimum absolute atomic E-state index is 0. The maximum absolute atomic E-state index is 8.87. The molecule has 0 heterocycles. The predicted octanol–water partition coefficient (Wildman–Crippen LogP) is -0.654. The third-order valence-corrected chi connectivity index (χ3v) is 0.0765. The van der Waals surface area contributed by atoms with E-state index in [2.05, 4.69) is 0 Å². The van der Waals surface area contributed by atoms with Gasteiger partial charge in [0.05, 0.1) is 0 Å². The minimum Gasteiger partial charge on any atom is -0.392 e. The van der Waals surface area contributed by atoms with Crippen molar-refractivity contribution in [2.75, 3.05) is 0 Å². The fraction of sp³-hybridized carbons (Fsp3) is 0. The molecule has 0 rings (SSSR count). The van der Waals surface area contributed by atoms with Crippen LogP contribution in [0.3, 0.4) is 0 Å². The van der Waals surface area contributed by atoms with Crippen LogP contribution in [0.4, 0.5) is 0 Å². The molecule has 0 aromatic carbocycles. The van der Waals surface area contributed by atoms with Gasteiger partial charge in [-0.3, -0.25) is 0 Å². The maximum atomic E-state index is 8.87. The molecule has 0 spiro atoms. The molecule has 0 fully saturated rings. The fourth-order valence-corrected chi connectivity index (χ4v) is 0. The van der Waals surface area contributed by atoms with Crippen molar-refractivity contribution in [2.24, 2.45) is 5.28 Å². The van der Waals surface area contributed by atoms with Gasteiger partial charge in [0.25, 0.3) is 5.28 Å². The summed E-state index contributed by atoms with van der Waals surface area (Å²) in [6, 6.07) is 0. The molecule has 32 valence electrons. The van der Waals surface area contributed by atoms with Crippen molar-refractivity contribution in [3.8, 4) is 0 Å². The van der Waals surface area contributed by atoms with Gasteiger partial charge in [0, 0.05) is 37.7 Å². The van der Waals surface area contributed by atoms with Gasteiger partial charge >= 0.3 is 0 Å². The van der Waals surface area contributed by atoms with Crippen molar-refractivity contribution in [2.45, 2.75) is 0 Å². The zero-order valence-electron chi connectivity index (χ0n) is 2.90. The molecule has 0 unspecified atom stereocenters. The van der Waals surface area contributed by atoms with Crippen LogP contribution in [0.2, 0.25) is 0 Å². The van der Waals surface area contributed by atoms with Gasteiger partial charge in [0.15, 0.2) is 0 Å². The molecule has 0 aliphatic carbocycles. The van der Waals surface area contributed by atoms with Crippen LogP contribution in [-0.2, 0) is 0 Å². The third-order valence-electron chi connectivity index (χ3n) is 0.0765. The van der Waals surface area contributed by atoms with Crippen molar-refractivity contribution < 1.29 is 15.4 Å². The van der Waals surface area contributed by atoms with Crippen molar-refractivity contribution in [1.29, 1.82) is 0 Å². The van der Waals surface area contributed by atoms with Crippen LogP contribution >= 0.6 is 0 Å². The molecule has 6 heavy (non-hydrogen) atoms. The summed E-state index contributed by atoms with van der Waals surface area (Å²) in [6.45, 7) is 0. The Morgan fingerprint density at radius 2 is 1.83 bits per heavy atom. The molecule has 5 nitrogen and oxygen atoms in total. The summed E-state index contributed by atoms with van der Waals surface area (Å²) >= 11 is 0. The van der Waals surface area contributed by atoms with Gasteiger partial charge in [-0.2, -0.15) is 0 Å². The SMILES string of the molecule is [Ca].[O-][N+](O)=NO. The average Bonchev–Trinajstić information content (AvgIpc) is 1.38. The van der Waals surface area contributed by atoms with Crippen molar-refractivity contribution >= 4 is 37.7 Å². The van der Waals surface area contributed by atoms with E-state index >= 15 is 0 Å². The predicted molar refractivity (Wildman–Crippen MR) is 15.4 cm³/mol. The van der Waals surface area contributed by atoms with Crippen molar-refractivity contribution in [1.82, 2.24) is 0 Å². The van der Waals surface area contributed by atoms with E-state index in [1.807, 2.05) is 0 Å². The van der Waals surface area contributed by atoms with Gasteiger partial charge < -0.3 is 10.4 Å². The Morgan fingerprint density at radius 1 is 1.67 bits per heavy atom. The second-order valence-electron chi connectivity index (χ2n) is 0.342. The number of hydrogen-bond acceptors (Lipinski definition) is 2. The zero-order chi connectivity index (χ0) is 4.28. The van der Waals surface area contributed by atoms with E-state index in [0.717, 1.165) is 0 Å². The molecule has 0 aliphatic heterocycles. The van der Waals surface area contributed by atoms with Crippen LogP contribution in [-0.4, -0.2) is 53.2 Å². The summed E-state index contributed by atoms with van der Waals surface area (Å²) in [5.74, 6) is 0. The quantitative estimate of drug-likeness (QED) is 0.252. The molecule has 2 radical (unpaired) electrons. The van der Waals surface area contributed by atoms with E-state index in [0.29, 0.717) is 0 Å². The molecule has 0 saturated heterocycles. The number of hydrogen-bond donors (Lipinski definition) is 2. The Kier molecular flexibility index (Phi) is 8.37. The van der Waals surface area contributed by atoms with E-state index in [4.69, 9.17) is 15.6 Å². The summed E-state index contributed by atoms with van der Waals surface area (Å²) in [6.07, 6.45) is 0. The summed E-state index contributed by atoms with van der Waals surface area (Å²) < 4.78 is 0. The van der Waals surface area contributed by atoms with Gasteiger partial charge in [0.1, 0.15) is 0 Å². The summed E-state index contributed by atoms with van der Waals surface area (Å²) in [5.41, 5.74) is 0. The van der Waals surface area contributed by atoms with E-state index in [1.165, 1.54) is 0 Å². The van der Waals surface area contributed by atoms with Crippen LogP contribution in [0.15, 0.2) is 5.28 Å². The Morgan fingerprint density at radius 3 is 1.83 bits per heavy atom. The Bertz CT molecular complexity index is 46.8. The second-order valence-corrected chi connectivity index (χ2v) is 0.342. The van der Waals surface area contributed by atoms with Gasteiger partial charge in [-0.05, 0) is 0 Å². The van der Waals surface area contributed by atoms with Crippen molar-refractivity contribution in [3.63, 3.8) is 0 Å². The summed E-state index contributed by atoms with van der Waals surface area (Å²) in [5, 5.41) is 24.0. The molecule has 0 aliphatic rings. The van der Waals surface area contributed by atoms with Crippen LogP contribution < -0.4 is 0 Å². The fourth-order valence-electron chi connectivity index (χ4n) is 0. The minimum atomic E-state index is -0.944. The Labute approximate surface area is 63.4 Å². The molecule has 0 atom stereocenters. The van der Waals surface area contributed by atoms with E-state index < -0.39 is 5.02 Å². The van der Waals surface area contributed by atoms with E-state index in [9.17, 15) is 0 Å². The van der Waals surface area contributed by atoms with Gasteiger partial charge in [-0.1, -0.05) is 0 Å². The Hall–Kier alpha value is 0.260. The number of rotatable bonds is 0. The molecule has 0 saturated carbocycles. The second kappa shape index (κ2) is 5.26. The van der Waals surface area contributed by atoms with Gasteiger partial charge in [0.2, 0.25) is 5.02 Å². The molecule has 6 heteroatoms. The van der Waals surface area contributed by atoms with E-state index in [-0.39, 0.29) is 37.7 Å². The first-order valence-electron chi connectivity index (χ1n) is 0.783. The standard InChI is InChI=1S/Ca.H2N2O3/c;3-1-2(4)5/h;3H,(H,1,4,5). The average molecular weight is 118 g/mol. The molecule has 2 N–H and O–H groups in total. The molecule has 0 aromatic heterocycles. The summed E-state index contributed by atoms with van der Waals surface area (Å²) in [7, 11) is 0. The smallest absolute Gasteiger partial charge is 0.254 e.